The monoisotopic (exact) mass is 320 g/mol. The molecule has 0 aliphatic carbocycles. The number of nitrogens with one attached hydrogen (secondary N) is 1. The molecule has 0 saturated carbocycles. The van der Waals surface area contributed by atoms with E-state index < -0.39 is 5.66 Å². The Morgan fingerprint density at radius 1 is 1.00 bits per heavy atom. The number of hydrogen-bond donors (Lipinski definition) is 4. The molecule has 0 fully saturated rings. The highest BCUT2D eigenvalue weighted by molar-refractivity contribution is 5.85. The van der Waals surface area contributed by atoms with E-state index in [0.29, 0.717) is 6.42 Å². The van der Waals surface area contributed by atoms with E-state index in [1.807, 2.05) is 18.2 Å². The fraction of sp³-hybridized carbons (Fsp3) is 0.200. The van der Waals surface area contributed by atoms with E-state index in [0.717, 1.165) is 29.7 Å². The molecule has 1 heterocycles. The zero-order valence-corrected chi connectivity index (χ0v) is 13.3. The van der Waals surface area contributed by atoms with Crippen LogP contribution in [0.2, 0.25) is 0 Å². The molecule has 0 spiro atoms. The molecule has 4 nitrogen and oxygen atoms in total. The second-order valence-electron chi connectivity index (χ2n) is 6.46. The van der Waals surface area contributed by atoms with Gasteiger partial charge in [-0.25, -0.2) is 0 Å². The largest absolute Gasteiger partial charge is 0.504 e. The number of nitrogens with two attached hydrogens (primary N) is 1. The van der Waals surface area contributed by atoms with Crippen LogP contribution in [-0.2, 0) is 18.5 Å². The van der Waals surface area contributed by atoms with Crippen LogP contribution in [0.4, 0.5) is 0 Å². The minimum Gasteiger partial charge on any atom is -0.504 e. The molecule has 0 amide bonds. The molecule has 1 unspecified atom stereocenters. The molecule has 122 valence electrons. The van der Waals surface area contributed by atoms with E-state index in [9.17, 15) is 10.2 Å². The minimum atomic E-state index is -0.775. The van der Waals surface area contributed by atoms with Gasteiger partial charge < -0.3 is 15.9 Å². The van der Waals surface area contributed by atoms with E-state index in [1.165, 1.54) is 10.8 Å². The predicted molar refractivity (Wildman–Crippen MR) is 95.0 cm³/mol. The summed E-state index contributed by atoms with van der Waals surface area (Å²) in [5, 5.41) is 25.4. The Hall–Kier alpha value is -2.56. The van der Waals surface area contributed by atoms with E-state index in [2.05, 4.69) is 29.6 Å². The van der Waals surface area contributed by atoms with Gasteiger partial charge in [0.2, 0.25) is 0 Å². The molecule has 1 aliphatic rings. The van der Waals surface area contributed by atoms with E-state index in [-0.39, 0.29) is 11.5 Å². The Morgan fingerprint density at radius 2 is 1.75 bits per heavy atom. The Bertz CT molecular complexity index is 917. The lowest BCUT2D eigenvalue weighted by molar-refractivity contribution is 0.320. The van der Waals surface area contributed by atoms with Crippen molar-refractivity contribution in [3.8, 4) is 11.5 Å². The van der Waals surface area contributed by atoms with Crippen LogP contribution in [0.3, 0.4) is 0 Å². The highest BCUT2D eigenvalue weighted by atomic mass is 16.3. The molecule has 1 aliphatic heterocycles. The van der Waals surface area contributed by atoms with Gasteiger partial charge in [0.15, 0.2) is 11.5 Å². The number of phenols is 2. The summed E-state index contributed by atoms with van der Waals surface area (Å²) >= 11 is 0. The van der Waals surface area contributed by atoms with Crippen molar-refractivity contribution in [3.05, 3.63) is 71.3 Å². The van der Waals surface area contributed by atoms with Gasteiger partial charge in [-0.3, -0.25) is 5.32 Å². The van der Waals surface area contributed by atoms with Gasteiger partial charge in [0.05, 0.1) is 5.66 Å². The predicted octanol–water partition coefficient (Wildman–Crippen LogP) is 2.75. The lowest BCUT2D eigenvalue weighted by atomic mass is 9.84. The van der Waals surface area contributed by atoms with Gasteiger partial charge >= 0.3 is 0 Å². The summed E-state index contributed by atoms with van der Waals surface area (Å²) in [6, 6.07) is 17.7. The Morgan fingerprint density at radius 3 is 2.62 bits per heavy atom. The molecule has 0 bridgehead atoms. The zero-order chi connectivity index (χ0) is 16.7. The standard InChI is InChI=1S/C20H20N2O2/c21-20(12-15-6-3-5-13-4-1-2-7-16(13)15)17-11-19(24)18(23)10-14(17)8-9-22-20/h1-7,10-11,22-24H,8-9,12,21H2. The van der Waals surface area contributed by atoms with Gasteiger partial charge in [-0.1, -0.05) is 42.5 Å². The first-order chi connectivity index (χ1) is 11.6. The van der Waals surface area contributed by atoms with Gasteiger partial charge in [0.25, 0.3) is 0 Å². The number of fused-ring (bicyclic) bond motifs is 2. The van der Waals surface area contributed by atoms with E-state index in [1.54, 1.807) is 12.1 Å². The van der Waals surface area contributed by atoms with Crippen LogP contribution in [-0.4, -0.2) is 16.8 Å². The summed E-state index contributed by atoms with van der Waals surface area (Å²) in [7, 11) is 0. The van der Waals surface area contributed by atoms with Crippen molar-refractivity contribution >= 4 is 10.8 Å². The fourth-order valence-corrected chi connectivity index (χ4v) is 3.66. The van der Waals surface area contributed by atoms with Crippen molar-refractivity contribution in [1.82, 2.24) is 5.32 Å². The van der Waals surface area contributed by atoms with Crippen molar-refractivity contribution in [3.63, 3.8) is 0 Å². The molecule has 3 aromatic carbocycles. The van der Waals surface area contributed by atoms with Crippen molar-refractivity contribution in [1.29, 1.82) is 0 Å². The van der Waals surface area contributed by atoms with Crippen LogP contribution in [0.5, 0.6) is 11.5 Å². The Labute approximate surface area is 140 Å². The number of benzene rings is 3. The normalized spacial score (nSPS) is 20.0. The molecule has 4 rings (SSSR count). The quantitative estimate of drug-likeness (QED) is 0.548. The van der Waals surface area contributed by atoms with Gasteiger partial charge in [-0.15, -0.1) is 0 Å². The molecule has 0 aromatic heterocycles. The van der Waals surface area contributed by atoms with Crippen LogP contribution in [0, 0.1) is 0 Å². The lowest BCUT2D eigenvalue weighted by Crippen LogP contribution is -2.55. The summed E-state index contributed by atoms with van der Waals surface area (Å²) in [5.74, 6) is -0.228. The third-order valence-corrected chi connectivity index (χ3v) is 4.87. The third-order valence-electron chi connectivity index (χ3n) is 4.87. The van der Waals surface area contributed by atoms with Gasteiger partial charge in [0, 0.05) is 13.0 Å². The van der Waals surface area contributed by atoms with Crippen LogP contribution < -0.4 is 11.1 Å². The molecular weight excluding hydrogens is 300 g/mol. The molecule has 1 atom stereocenters. The molecule has 0 radical (unpaired) electrons. The lowest BCUT2D eigenvalue weighted by Gasteiger charge is -2.37. The molecule has 24 heavy (non-hydrogen) atoms. The summed E-state index contributed by atoms with van der Waals surface area (Å²) in [6.07, 6.45) is 1.38. The summed E-state index contributed by atoms with van der Waals surface area (Å²) < 4.78 is 0. The van der Waals surface area contributed by atoms with E-state index >= 15 is 0 Å². The van der Waals surface area contributed by atoms with E-state index in [4.69, 9.17) is 5.73 Å². The summed E-state index contributed by atoms with van der Waals surface area (Å²) in [4.78, 5) is 0. The summed E-state index contributed by atoms with van der Waals surface area (Å²) in [6.45, 7) is 0.735. The maximum absolute atomic E-state index is 9.91. The molecule has 3 aromatic rings. The van der Waals surface area contributed by atoms with Gasteiger partial charge in [0.1, 0.15) is 0 Å². The number of aromatic hydroxyl groups is 2. The zero-order valence-electron chi connectivity index (χ0n) is 13.3. The van der Waals surface area contributed by atoms with Gasteiger partial charge in [-0.2, -0.15) is 0 Å². The van der Waals surface area contributed by atoms with Crippen molar-refractivity contribution in [2.75, 3.05) is 6.54 Å². The maximum atomic E-state index is 9.91. The average molecular weight is 320 g/mol. The minimum absolute atomic E-state index is 0.0943. The number of rotatable bonds is 2. The maximum Gasteiger partial charge on any atom is 0.157 e. The fourth-order valence-electron chi connectivity index (χ4n) is 3.66. The first-order valence-corrected chi connectivity index (χ1v) is 8.13. The van der Waals surface area contributed by atoms with Crippen LogP contribution in [0.25, 0.3) is 10.8 Å². The number of hydrogen-bond acceptors (Lipinski definition) is 4. The van der Waals surface area contributed by atoms with Crippen molar-refractivity contribution < 1.29 is 10.2 Å². The van der Waals surface area contributed by atoms with Crippen LogP contribution in [0.1, 0.15) is 16.7 Å². The van der Waals surface area contributed by atoms with Crippen LogP contribution >= 0.6 is 0 Å². The topological polar surface area (TPSA) is 78.5 Å². The molecule has 0 saturated heterocycles. The highest BCUT2D eigenvalue weighted by Crippen LogP contribution is 2.36. The first kappa shape index (κ1) is 15.0. The number of phenolic OH excluding ortho intramolecular Hbond substituents is 2. The van der Waals surface area contributed by atoms with Crippen molar-refractivity contribution in [2.45, 2.75) is 18.5 Å². The summed E-state index contributed by atoms with van der Waals surface area (Å²) in [5.41, 5.74) is 8.91. The van der Waals surface area contributed by atoms with Gasteiger partial charge in [-0.05, 0) is 46.0 Å². The third kappa shape index (κ3) is 2.40. The van der Waals surface area contributed by atoms with Crippen molar-refractivity contribution in [2.24, 2.45) is 5.73 Å². The average Bonchev–Trinajstić information content (AvgIpc) is 2.57. The Balaban J connectivity index is 1.81. The highest BCUT2D eigenvalue weighted by Gasteiger charge is 2.34. The SMILES string of the molecule is NC1(Cc2cccc3ccccc23)NCCc2cc(O)c(O)cc21. The Kier molecular flexibility index (Phi) is 3.44. The second kappa shape index (κ2) is 5.51. The first-order valence-electron chi connectivity index (χ1n) is 8.13. The molecule has 5 N–H and O–H groups in total. The smallest absolute Gasteiger partial charge is 0.157 e. The second-order valence-corrected chi connectivity index (χ2v) is 6.46. The molecule has 4 heteroatoms. The molecular formula is C20H20N2O2. The van der Waals surface area contributed by atoms with Crippen LogP contribution in [0.15, 0.2) is 54.6 Å².